The number of halogens is 3. The number of pyridine rings is 1. The van der Waals surface area contributed by atoms with Crippen molar-refractivity contribution in [1.82, 2.24) is 4.98 Å². The first kappa shape index (κ1) is 11.0. The van der Waals surface area contributed by atoms with Gasteiger partial charge in [0, 0.05) is 22.3 Å². The average molecular weight is 240 g/mol. The quantitative estimate of drug-likeness (QED) is 0.733. The Morgan fingerprint density at radius 2 is 1.94 bits per heavy atom. The van der Waals surface area contributed by atoms with E-state index in [0.717, 1.165) is 0 Å². The number of rotatable bonds is 1. The number of hydrogen-bond acceptors (Lipinski definition) is 1. The van der Waals surface area contributed by atoms with E-state index < -0.39 is 11.6 Å². The highest BCUT2D eigenvalue weighted by atomic mass is 35.5. The van der Waals surface area contributed by atoms with Crippen LogP contribution in [0.3, 0.4) is 0 Å². The fraction of sp³-hybridized carbons (Fsp3) is 0.0833. The van der Waals surface area contributed by atoms with Crippen LogP contribution in [0.15, 0.2) is 30.5 Å². The second kappa shape index (κ2) is 4.18. The molecule has 82 valence electrons. The van der Waals surface area contributed by atoms with Crippen molar-refractivity contribution in [2.75, 3.05) is 0 Å². The lowest BCUT2D eigenvalue weighted by Crippen LogP contribution is -1.94. The lowest BCUT2D eigenvalue weighted by molar-refractivity contribution is 0.607. The second-order valence-corrected chi connectivity index (χ2v) is 3.77. The molecule has 0 fully saturated rings. The Morgan fingerprint density at radius 1 is 1.19 bits per heavy atom. The summed E-state index contributed by atoms with van der Waals surface area (Å²) in [5.41, 5.74) is 0.420. The molecule has 0 bridgehead atoms. The Hall–Kier alpha value is -1.48. The van der Waals surface area contributed by atoms with E-state index in [1.54, 1.807) is 6.92 Å². The molecule has 0 amide bonds. The minimum absolute atomic E-state index is 0.000216. The highest BCUT2D eigenvalue weighted by molar-refractivity contribution is 6.31. The van der Waals surface area contributed by atoms with Gasteiger partial charge in [-0.15, -0.1) is 0 Å². The Bertz CT molecular complexity index is 541. The van der Waals surface area contributed by atoms with Crippen LogP contribution in [0, 0.1) is 18.6 Å². The standard InChI is InChI=1S/C12H8ClF2N/c1-7-9(13)5-4-8(11(7)15)12-10(14)3-2-6-16-12/h2-6H,1H3. The third kappa shape index (κ3) is 1.78. The summed E-state index contributed by atoms with van der Waals surface area (Å²) in [5, 5.41) is 0.317. The van der Waals surface area contributed by atoms with Crippen LogP contribution in [0.5, 0.6) is 0 Å². The maximum absolute atomic E-state index is 13.8. The van der Waals surface area contributed by atoms with E-state index in [4.69, 9.17) is 11.6 Å². The molecule has 1 aromatic carbocycles. The molecule has 1 nitrogen and oxygen atoms in total. The first-order valence-corrected chi connectivity index (χ1v) is 5.04. The topological polar surface area (TPSA) is 12.9 Å². The average Bonchev–Trinajstić information content (AvgIpc) is 2.28. The van der Waals surface area contributed by atoms with Gasteiger partial charge < -0.3 is 0 Å². The molecule has 2 rings (SSSR count). The molecule has 0 aliphatic heterocycles. The Morgan fingerprint density at radius 3 is 2.62 bits per heavy atom. The van der Waals surface area contributed by atoms with E-state index in [-0.39, 0.29) is 11.3 Å². The SMILES string of the molecule is Cc1c(Cl)ccc(-c2ncccc2F)c1F. The summed E-state index contributed by atoms with van der Waals surface area (Å²) >= 11 is 5.76. The molecular formula is C12H8ClF2N. The Kier molecular flexibility index (Phi) is 2.88. The van der Waals surface area contributed by atoms with Gasteiger partial charge in [-0.2, -0.15) is 0 Å². The third-order valence-electron chi connectivity index (χ3n) is 2.33. The fourth-order valence-electron chi connectivity index (χ4n) is 1.43. The van der Waals surface area contributed by atoms with Crippen molar-refractivity contribution in [2.45, 2.75) is 6.92 Å². The zero-order valence-corrected chi connectivity index (χ0v) is 9.22. The number of benzene rings is 1. The lowest BCUT2D eigenvalue weighted by atomic mass is 10.1. The van der Waals surface area contributed by atoms with Crippen molar-refractivity contribution in [2.24, 2.45) is 0 Å². The van der Waals surface area contributed by atoms with Crippen molar-refractivity contribution in [3.05, 3.63) is 52.7 Å². The third-order valence-corrected chi connectivity index (χ3v) is 2.74. The minimum atomic E-state index is -0.553. The second-order valence-electron chi connectivity index (χ2n) is 3.37. The molecule has 0 atom stereocenters. The summed E-state index contributed by atoms with van der Waals surface area (Å²) in [7, 11) is 0. The number of hydrogen-bond donors (Lipinski definition) is 0. The van der Waals surface area contributed by atoms with Gasteiger partial charge in [-0.3, -0.25) is 4.98 Å². The summed E-state index contributed by atoms with van der Waals surface area (Å²) in [6, 6.07) is 5.66. The fourth-order valence-corrected chi connectivity index (χ4v) is 1.57. The van der Waals surface area contributed by atoms with Crippen LogP contribution in [0.2, 0.25) is 5.02 Å². The summed E-state index contributed by atoms with van der Waals surface area (Å²) in [5.74, 6) is -1.09. The Balaban J connectivity index is 2.66. The molecule has 0 aliphatic rings. The van der Waals surface area contributed by atoms with Gasteiger partial charge in [0.05, 0.1) is 0 Å². The molecule has 0 N–H and O–H groups in total. The lowest BCUT2D eigenvalue weighted by Gasteiger charge is -2.07. The van der Waals surface area contributed by atoms with Gasteiger partial charge in [0.1, 0.15) is 17.3 Å². The molecule has 16 heavy (non-hydrogen) atoms. The van der Waals surface area contributed by atoms with Crippen LogP contribution in [0.4, 0.5) is 8.78 Å². The largest absolute Gasteiger partial charge is 0.253 e. The summed E-state index contributed by atoms with van der Waals surface area (Å²) < 4.78 is 27.3. The molecule has 1 heterocycles. The van der Waals surface area contributed by atoms with Crippen molar-refractivity contribution >= 4 is 11.6 Å². The molecular weight excluding hydrogens is 232 g/mol. The van der Waals surface area contributed by atoms with E-state index in [2.05, 4.69) is 4.98 Å². The van der Waals surface area contributed by atoms with Gasteiger partial charge in [0.15, 0.2) is 0 Å². The van der Waals surface area contributed by atoms with E-state index in [9.17, 15) is 8.78 Å². The first-order chi connectivity index (χ1) is 7.61. The molecule has 0 aliphatic carbocycles. The molecule has 0 spiro atoms. The molecule has 2 aromatic rings. The minimum Gasteiger partial charge on any atom is -0.253 e. The van der Waals surface area contributed by atoms with E-state index in [1.807, 2.05) is 0 Å². The Labute approximate surface area is 96.7 Å². The highest BCUT2D eigenvalue weighted by Crippen LogP contribution is 2.28. The van der Waals surface area contributed by atoms with Crippen LogP contribution < -0.4 is 0 Å². The molecule has 0 saturated heterocycles. The van der Waals surface area contributed by atoms with Crippen molar-refractivity contribution in [1.29, 1.82) is 0 Å². The molecule has 1 aromatic heterocycles. The maximum Gasteiger partial charge on any atom is 0.149 e. The predicted molar refractivity (Wildman–Crippen MR) is 59.3 cm³/mol. The predicted octanol–water partition coefficient (Wildman–Crippen LogP) is 3.99. The van der Waals surface area contributed by atoms with E-state index in [1.165, 1.54) is 30.5 Å². The number of nitrogens with zero attached hydrogens (tertiary/aromatic N) is 1. The first-order valence-electron chi connectivity index (χ1n) is 4.66. The van der Waals surface area contributed by atoms with Crippen LogP contribution >= 0.6 is 11.6 Å². The van der Waals surface area contributed by atoms with E-state index in [0.29, 0.717) is 10.6 Å². The normalized spacial score (nSPS) is 10.5. The van der Waals surface area contributed by atoms with Gasteiger partial charge in [-0.05, 0) is 31.2 Å². The summed E-state index contributed by atoms with van der Waals surface area (Å²) in [6.07, 6.45) is 1.42. The van der Waals surface area contributed by atoms with Crippen molar-refractivity contribution in [3.8, 4) is 11.3 Å². The number of aromatic nitrogens is 1. The van der Waals surface area contributed by atoms with Crippen LogP contribution in [0.25, 0.3) is 11.3 Å². The molecule has 0 unspecified atom stereocenters. The summed E-state index contributed by atoms with van der Waals surface area (Å²) in [4.78, 5) is 3.82. The molecule has 0 radical (unpaired) electrons. The van der Waals surface area contributed by atoms with Gasteiger partial charge in [-0.1, -0.05) is 11.6 Å². The van der Waals surface area contributed by atoms with Crippen molar-refractivity contribution in [3.63, 3.8) is 0 Å². The van der Waals surface area contributed by atoms with Crippen LogP contribution in [-0.2, 0) is 0 Å². The van der Waals surface area contributed by atoms with Gasteiger partial charge in [0.25, 0.3) is 0 Å². The summed E-state index contributed by atoms with van der Waals surface area (Å²) in [6.45, 7) is 1.54. The smallest absolute Gasteiger partial charge is 0.149 e. The zero-order chi connectivity index (χ0) is 11.7. The van der Waals surface area contributed by atoms with Crippen LogP contribution in [-0.4, -0.2) is 4.98 Å². The van der Waals surface area contributed by atoms with Crippen molar-refractivity contribution < 1.29 is 8.78 Å². The van der Waals surface area contributed by atoms with Crippen LogP contribution in [0.1, 0.15) is 5.56 Å². The van der Waals surface area contributed by atoms with Gasteiger partial charge >= 0.3 is 0 Å². The highest BCUT2D eigenvalue weighted by Gasteiger charge is 2.14. The zero-order valence-electron chi connectivity index (χ0n) is 8.47. The monoisotopic (exact) mass is 239 g/mol. The van der Waals surface area contributed by atoms with Gasteiger partial charge in [-0.25, -0.2) is 8.78 Å². The molecule has 4 heteroatoms. The van der Waals surface area contributed by atoms with E-state index >= 15 is 0 Å². The van der Waals surface area contributed by atoms with Gasteiger partial charge in [0.2, 0.25) is 0 Å². The molecule has 0 saturated carbocycles. The maximum atomic E-state index is 13.8.